The van der Waals surface area contributed by atoms with Crippen molar-refractivity contribution in [2.45, 2.75) is 58.2 Å². The summed E-state index contributed by atoms with van der Waals surface area (Å²) in [6, 6.07) is 20.0. The Hall–Kier alpha value is -2.62. The summed E-state index contributed by atoms with van der Waals surface area (Å²) >= 11 is 0. The van der Waals surface area contributed by atoms with Crippen molar-refractivity contribution in [2.24, 2.45) is 4.99 Å². The summed E-state index contributed by atoms with van der Waals surface area (Å²) in [6.07, 6.45) is 1.20. The Morgan fingerprint density at radius 2 is 1.68 bits per heavy atom. The van der Waals surface area contributed by atoms with E-state index in [1.54, 1.807) is 0 Å². The van der Waals surface area contributed by atoms with E-state index in [9.17, 15) is 4.79 Å². The summed E-state index contributed by atoms with van der Waals surface area (Å²) in [5.41, 5.74) is 1.39. The van der Waals surface area contributed by atoms with Gasteiger partial charge in [-0.05, 0) is 38.3 Å². The lowest BCUT2D eigenvalue weighted by Gasteiger charge is -2.45. The van der Waals surface area contributed by atoms with Gasteiger partial charge in [-0.25, -0.2) is 4.99 Å². The van der Waals surface area contributed by atoms with Gasteiger partial charge in [0.2, 0.25) is 5.90 Å². The lowest BCUT2D eigenvalue weighted by molar-refractivity contribution is -0.142. The normalized spacial score (nSPS) is 23.3. The molecule has 0 bridgehead atoms. The number of nitrogens with zero attached hydrogens (tertiary/aromatic N) is 2. The first-order valence-electron chi connectivity index (χ1n) is 10.2. The zero-order chi connectivity index (χ0) is 20.1. The molecule has 0 saturated heterocycles. The Bertz CT molecular complexity index is 819. The summed E-state index contributed by atoms with van der Waals surface area (Å²) in [5, 5.41) is 0. The van der Waals surface area contributed by atoms with E-state index in [1.807, 2.05) is 62.1 Å². The van der Waals surface area contributed by atoms with Gasteiger partial charge in [-0.15, -0.1) is 0 Å². The van der Waals surface area contributed by atoms with Crippen LogP contribution in [0.3, 0.4) is 0 Å². The average Bonchev–Trinajstić information content (AvgIpc) is 2.73. The summed E-state index contributed by atoms with van der Waals surface area (Å²) in [7, 11) is 0. The van der Waals surface area contributed by atoms with Crippen LogP contribution in [-0.2, 0) is 16.0 Å². The third kappa shape index (κ3) is 3.82. The fourth-order valence-corrected chi connectivity index (χ4v) is 4.00. The number of hydrogen-bond acceptors (Lipinski definition) is 3. The minimum atomic E-state index is -0.832. The molecule has 28 heavy (non-hydrogen) atoms. The molecule has 3 rings (SSSR count). The molecule has 1 aliphatic rings. The predicted molar refractivity (Wildman–Crippen MR) is 113 cm³/mol. The molecule has 1 heterocycles. The van der Waals surface area contributed by atoms with Gasteiger partial charge in [0, 0.05) is 6.42 Å². The number of ether oxygens (including phenoxy) is 1. The largest absolute Gasteiger partial charge is 0.480 e. The van der Waals surface area contributed by atoms with Crippen LogP contribution >= 0.6 is 0 Å². The Morgan fingerprint density at radius 3 is 2.25 bits per heavy atom. The van der Waals surface area contributed by atoms with Crippen molar-refractivity contribution in [1.82, 2.24) is 4.90 Å². The number of carbonyl (C=O) groups excluding carboxylic acids is 1. The fourth-order valence-electron chi connectivity index (χ4n) is 4.00. The number of rotatable bonds is 6. The molecule has 148 valence electrons. The van der Waals surface area contributed by atoms with Gasteiger partial charge in [-0.2, -0.15) is 0 Å². The first kappa shape index (κ1) is 20.1. The molecule has 0 spiro atoms. The second-order valence-electron chi connectivity index (χ2n) is 7.41. The van der Waals surface area contributed by atoms with Crippen LogP contribution in [0.15, 0.2) is 65.7 Å². The van der Waals surface area contributed by atoms with E-state index in [-0.39, 0.29) is 18.0 Å². The second kappa shape index (κ2) is 8.59. The van der Waals surface area contributed by atoms with Gasteiger partial charge in [-0.3, -0.25) is 4.79 Å². The Balaban J connectivity index is 2.04. The van der Waals surface area contributed by atoms with Crippen molar-refractivity contribution in [3.63, 3.8) is 0 Å². The molecular weight excluding hydrogens is 348 g/mol. The maximum Gasteiger partial charge on any atom is 0.252 e. The van der Waals surface area contributed by atoms with E-state index in [1.165, 1.54) is 0 Å². The van der Waals surface area contributed by atoms with Gasteiger partial charge < -0.3 is 9.64 Å². The monoisotopic (exact) mass is 378 g/mol. The van der Waals surface area contributed by atoms with Crippen LogP contribution in [0.25, 0.3) is 0 Å². The Morgan fingerprint density at radius 1 is 1.07 bits per heavy atom. The summed E-state index contributed by atoms with van der Waals surface area (Å²) in [6.45, 7) is 8.63. The van der Waals surface area contributed by atoms with Crippen molar-refractivity contribution >= 4 is 11.8 Å². The molecule has 0 N–H and O–H groups in total. The van der Waals surface area contributed by atoms with Crippen molar-refractivity contribution in [3.8, 4) is 0 Å². The lowest BCUT2D eigenvalue weighted by atomic mass is 9.84. The highest BCUT2D eigenvalue weighted by molar-refractivity contribution is 5.98. The standard InChI is InChI=1S/C24H30N2O2/c1-5-24(17-20-13-9-7-10-14-20)23(27)26(19(4)22(25-24)28-6-2)18(3)21-15-11-8-12-16-21/h7-16,18-19H,5-6,17H2,1-4H3/t18-,19-,24-/m1/s1. The van der Waals surface area contributed by atoms with Crippen LogP contribution in [0.2, 0.25) is 0 Å². The third-order valence-electron chi connectivity index (χ3n) is 5.65. The molecule has 3 atom stereocenters. The van der Waals surface area contributed by atoms with E-state index < -0.39 is 5.54 Å². The summed E-state index contributed by atoms with van der Waals surface area (Å²) < 4.78 is 5.91. The molecule has 1 aliphatic heterocycles. The molecule has 4 heteroatoms. The molecule has 0 fully saturated rings. The van der Waals surface area contributed by atoms with E-state index >= 15 is 0 Å². The van der Waals surface area contributed by atoms with Crippen LogP contribution in [0, 0.1) is 0 Å². The topological polar surface area (TPSA) is 41.9 Å². The van der Waals surface area contributed by atoms with Gasteiger partial charge in [0.05, 0.1) is 12.6 Å². The first-order chi connectivity index (χ1) is 13.5. The van der Waals surface area contributed by atoms with Crippen molar-refractivity contribution in [1.29, 1.82) is 0 Å². The van der Waals surface area contributed by atoms with E-state index in [2.05, 4.69) is 31.2 Å². The summed E-state index contributed by atoms with van der Waals surface area (Å²) in [4.78, 5) is 20.7. The van der Waals surface area contributed by atoms with Crippen LogP contribution in [0.1, 0.15) is 51.3 Å². The molecule has 4 nitrogen and oxygen atoms in total. The Labute approximate surface area is 168 Å². The quantitative estimate of drug-likeness (QED) is 0.724. The fraction of sp³-hybridized carbons (Fsp3) is 0.417. The minimum Gasteiger partial charge on any atom is -0.480 e. The molecule has 0 radical (unpaired) electrons. The molecule has 0 aromatic heterocycles. The van der Waals surface area contributed by atoms with Gasteiger partial charge >= 0.3 is 0 Å². The van der Waals surface area contributed by atoms with Gasteiger partial charge in [0.25, 0.3) is 5.91 Å². The zero-order valence-electron chi connectivity index (χ0n) is 17.3. The smallest absolute Gasteiger partial charge is 0.252 e. The Kier molecular flexibility index (Phi) is 6.18. The number of aliphatic imine (C=N–C) groups is 1. The molecular formula is C24H30N2O2. The van der Waals surface area contributed by atoms with Crippen molar-refractivity contribution in [3.05, 3.63) is 71.8 Å². The maximum atomic E-state index is 13.8. The van der Waals surface area contributed by atoms with Crippen LogP contribution in [0.4, 0.5) is 0 Å². The number of hydrogen-bond donors (Lipinski definition) is 0. The van der Waals surface area contributed by atoms with Crippen molar-refractivity contribution in [2.75, 3.05) is 6.61 Å². The zero-order valence-corrected chi connectivity index (χ0v) is 17.3. The first-order valence-corrected chi connectivity index (χ1v) is 10.2. The molecule has 1 amide bonds. The van der Waals surface area contributed by atoms with E-state index in [4.69, 9.17) is 9.73 Å². The van der Waals surface area contributed by atoms with Gasteiger partial charge in [0.15, 0.2) is 0 Å². The SMILES string of the molecule is CCOC1=N[C@](CC)(Cc2ccccc2)C(=O)N([C@H](C)c2ccccc2)[C@@H]1C. The van der Waals surface area contributed by atoms with Crippen molar-refractivity contribution < 1.29 is 9.53 Å². The highest BCUT2D eigenvalue weighted by Crippen LogP contribution is 2.35. The maximum absolute atomic E-state index is 13.8. The van der Waals surface area contributed by atoms with Crippen LogP contribution in [0.5, 0.6) is 0 Å². The highest BCUT2D eigenvalue weighted by Gasteiger charge is 2.48. The second-order valence-corrected chi connectivity index (χ2v) is 7.41. The third-order valence-corrected chi connectivity index (χ3v) is 5.65. The van der Waals surface area contributed by atoms with Gasteiger partial charge in [-0.1, -0.05) is 67.6 Å². The molecule has 0 unspecified atom stereocenters. The average molecular weight is 379 g/mol. The number of amides is 1. The number of benzene rings is 2. The van der Waals surface area contributed by atoms with Crippen LogP contribution in [-0.4, -0.2) is 34.9 Å². The van der Waals surface area contributed by atoms with E-state index in [0.29, 0.717) is 25.3 Å². The molecule has 0 saturated carbocycles. The molecule has 0 aliphatic carbocycles. The molecule has 2 aromatic carbocycles. The number of carbonyl (C=O) groups is 1. The lowest BCUT2D eigenvalue weighted by Crippen LogP contribution is -2.59. The van der Waals surface area contributed by atoms with Crippen LogP contribution < -0.4 is 0 Å². The predicted octanol–water partition coefficient (Wildman–Crippen LogP) is 4.80. The minimum absolute atomic E-state index is 0.0589. The van der Waals surface area contributed by atoms with Gasteiger partial charge in [0.1, 0.15) is 11.6 Å². The highest BCUT2D eigenvalue weighted by atomic mass is 16.5. The molecule has 2 aromatic rings. The summed E-state index contributed by atoms with van der Waals surface area (Å²) in [5.74, 6) is 0.730. The van der Waals surface area contributed by atoms with E-state index in [0.717, 1.165) is 11.1 Å².